The van der Waals surface area contributed by atoms with Gasteiger partial charge in [0.25, 0.3) is 5.69 Å². The van der Waals surface area contributed by atoms with Gasteiger partial charge in [0.05, 0.1) is 17.0 Å². The maximum atomic E-state index is 12.6. The minimum Gasteiger partial charge on any atom is -0.481 e. The maximum absolute atomic E-state index is 12.6. The molecule has 0 unspecified atom stereocenters. The van der Waals surface area contributed by atoms with Crippen molar-refractivity contribution in [2.45, 2.75) is 34.1 Å². The summed E-state index contributed by atoms with van der Waals surface area (Å²) in [5.41, 5.74) is 0.182. The molecule has 0 spiro atoms. The molecule has 1 aromatic rings. The van der Waals surface area contributed by atoms with Crippen molar-refractivity contribution in [1.29, 1.82) is 0 Å². The monoisotopic (exact) mass is 308 g/mol. The smallest absolute Gasteiger partial charge is 0.305 e. The van der Waals surface area contributed by atoms with Crippen LogP contribution >= 0.6 is 0 Å². The highest BCUT2D eigenvalue weighted by Gasteiger charge is 2.30. The molecular formula is C15H20N2O5. The molecule has 120 valence electrons. The summed E-state index contributed by atoms with van der Waals surface area (Å²) in [5.74, 6) is -1.31. The van der Waals surface area contributed by atoms with Gasteiger partial charge < -0.3 is 10.0 Å². The zero-order valence-corrected chi connectivity index (χ0v) is 13.1. The standard InChI is InChI=1S/C15H20N2O5/c1-10-5-6-11(17(21)22)9-12(10)16(8-7-13(18)19)14(20)15(2,3)4/h5-6,9H,7-8H2,1-4H3,(H,18,19). The number of nitrogens with zero attached hydrogens (tertiary/aromatic N) is 2. The Balaban J connectivity index is 3.31. The molecule has 0 saturated heterocycles. The molecule has 7 nitrogen and oxygen atoms in total. The lowest BCUT2D eigenvalue weighted by atomic mass is 9.94. The second kappa shape index (κ2) is 6.55. The zero-order chi connectivity index (χ0) is 17.1. The number of amides is 1. The van der Waals surface area contributed by atoms with Gasteiger partial charge in [-0.25, -0.2) is 0 Å². The summed E-state index contributed by atoms with van der Waals surface area (Å²) in [5, 5.41) is 19.8. The molecule has 0 aromatic heterocycles. The van der Waals surface area contributed by atoms with E-state index in [1.54, 1.807) is 33.8 Å². The second-order valence-electron chi connectivity index (χ2n) is 6.08. The van der Waals surface area contributed by atoms with Gasteiger partial charge in [0.2, 0.25) is 5.91 Å². The number of carboxylic acid groups (broad SMARTS) is 1. The van der Waals surface area contributed by atoms with Gasteiger partial charge in [0, 0.05) is 24.1 Å². The molecule has 0 atom stereocenters. The van der Waals surface area contributed by atoms with E-state index >= 15 is 0 Å². The van der Waals surface area contributed by atoms with Gasteiger partial charge in [-0.2, -0.15) is 0 Å². The van der Waals surface area contributed by atoms with Crippen LogP contribution in [-0.2, 0) is 9.59 Å². The first-order valence-corrected chi connectivity index (χ1v) is 6.83. The number of benzene rings is 1. The van der Waals surface area contributed by atoms with Crippen LogP contribution in [0.15, 0.2) is 18.2 Å². The van der Waals surface area contributed by atoms with E-state index in [9.17, 15) is 19.7 Å². The third kappa shape index (κ3) is 4.28. The Hall–Kier alpha value is -2.44. The highest BCUT2D eigenvalue weighted by Crippen LogP contribution is 2.29. The van der Waals surface area contributed by atoms with Crippen molar-refractivity contribution in [2.24, 2.45) is 5.41 Å². The lowest BCUT2D eigenvalue weighted by Crippen LogP contribution is -2.41. The Morgan fingerprint density at radius 1 is 1.32 bits per heavy atom. The highest BCUT2D eigenvalue weighted by atomic mass is 16.6. The zero-order valence-electron chi connectivity index (χ0n) is 13.1. The molecule has 0 saturated carbocycles. The number of hydrogen-bond donors (Lipinski definition) is 1. The first-order valence-electron chi connectivity index (χ1n) is 6.83. The van der Waals surface area contributed by atoms with Gasteiger partial charge in [0.15, 0.2) is 0 Å². The van der Waals surface area contributed by atoms with Gasteiger partial charge in [-0.05, 0) is 12.5 Å². The van der Waals surface area contributed by atoms with Crippen LogP contribution < -0.4 is 4.90 Å². The number of carbonyl (C=O) groups excluding carboxylic acids is 1. The number of nitro groups is 1. The van der Waals surface area contributed by atoms with E-state index in [0.29, 0.717) is 11.3 Å². The number of aryl methyl sites for hydroxylation is 1. The molecule has 0 aliphatic heterocycles. The fraction of sp³-hybridized carbons (Fsp3) is 0.467. The number of non-ortho nitro benzene ring substituents is 1. The van der Waals surface area contributed by atoms with Crippen LogP contribution in [0, 0.1) is 22.5 Å². The average Bonchev–Trinajstić information content (AvgIpc) is 2.38. The molecule has 1 rings (SSSR count). The van der Waals surface area contributed by atoms with Crippen molar-refractivity contribution in [3.8, 4) is 0 Å². The summed E-state index contributed by atoms with van der Waals surface area (Å²) >= 11 is 0. The van der Waals surface area contributed by atoms with Gasteiger partial charge in [-0.15, -0.1) is 0 Å². The number of aliphatic carboxylic acids is 1. The lowest BCUT2D eigenvalue weighted by Gasteiger charge is -2.30. The molecule has 0 fully saturated rings. The van der Waals surface area contributed by atoms with Crippen LogP contribution in [0.1, 0.15) is 32.8 Å². The Morgan fingerprint density at radius 2 is 1.91 bits per heavy atom. The largest absolute Gasteiger partial charge is 0.481 e. The van der Waals surface area contributed by atoms with E-state index in [-0.39, 0.29) is 24.6 Å². The Labute approximate surface area is 128 Å². The van der Waals surface area contributed by atoms with Crippen molar-refractivity contribution in [3.05, 3.63) is 33.9 Å². The van der Waals surface area contributed by atoms with Crippen molar-refractivity contribution >= 4 is 23.3 Å². The van der Waals surface area contributed by atoms with Crippen LogP contribution in [0.5, 0.6) is 0 Å². The average molecular weight is 308 g/mol. The normalized spacial score (nSPS) is 11.1. The van der Waals surface area contributed by atoms with E-state index < -0.39 is 16.3 Å². The molecule has 0 aliphatic rings. The molecular weight excluding hydrogens is 288 g/mol. The molecule has 1 N–H and O–H groups in total. The first kappa shape index (κ1) is 17.6. The summed E-state index contributed by atoms with van der Waals surface area (Å²) in [7, 11) is 0. The van der Waals surface area contributed by atoms with Crippen LogP contribution in [0.3, 0.4) is 0 Å². The molecule has 7 heteroatoms. The van der Waals surface area contributed by atoms with Crippen molar-refractivity contribution in [3.63, 3.8) is 0 Å². The van der Waals surface area contributed by atoms with E-state index in [1.165, 1.54) is 17.0 Å². The summed E-state index contributed by atoms with van der Waals surface area (Å²) in [6.07, 6.45) is -0.232. The number of carboxylic acids is 1. The summed E-state index contributed by atoms with van der Waals surface area (Å²) in [6, 6.07) is 4.22. The molecule has 0 bridgehead atoms. The molecule has 1 aromatic carbocycles. The van der Waals surface area contributed by atoms with Gasteiger partial charge >= 0.3 is 5.97 Å². The number of rotatable bonds is 5. The molecule has 22 heavy (non-hydrogen) atoms. The first-order chi connectivity index (χ1) is 10.0. The molecule has 0 heterocycles. The van der Waals surface area contributed by atoms with Gasteiger partial charge in [0.1, 0.15) is 0 Å². The molecule has 0 radical (unpaired) electrons. The Morgan fingerprint density at radius 3 is 2.36 bits per heavy atom. The third-order valence-electron chi connectivity index (χ3n) is 3.13. The van der Waals surface area contributed by atoms with Crippen LogP contribution in [0.25, 0.3) is 0 Å². The van der Waals surface area contributed by atoms with Crippen molar-refractivity contribution in [2.75, 3.05) is 11.4 Å². The Bertz CT molecular complexity index is 604. The highest BCUT2D eigenvalue weighted by molar-refractivity contribution is 5.98. The molecule has 0 aliphatic carbocycles. The molecule has 1 amide bonds. The fourth-order valence-electron chi connectivity index (χ4n) is 1.95. The summed E-state index contributed by atoms with van der Waals surface area (Å²) < 4.78 is 0. The van der Waals surface area contributed by atoms with Crippen molar-refractivity contribution in [1.82, 2.24) is 0 Å². The van der Waals surface area contributed by atoms with E-state index in [4.69, 9.17) is 5.11 Å². The van der Waals surface area contributed by atoms with Gasteiger partial charge in [-0.3, -0.25) is 19.7 Å². The number of hydrogen-bond acceptors (Lipinski definition) is 4. The maximum Gasteiger partial charge on any atom is 0.305 e. The van der Waals surface area contributed by atoms with E-state index in [0.717, 1.165) is 0 Å². The van der Waals surface area contributed by atoms with Gasteiger partial charge in [-0.1, -0.05) is 26.8 Å². The number of carbonyl (C=O) groups is 2. The van der Waals surface area contributed by atoms with E-state index in [2.05, 4.69) is 0 Å². The minimum absolute atomic E-state index is 0.0343. The van der Waals surface area contributed by atoms with Crippen LogP contribution in [-0.4, -0.2) is 28.5 Å². The lowest BCUT2D eigenvalue weighted by molar-refractivity contribution is -0.384. The third-order valence-corrected chi connectivity index (χ3v) is 3.13. The van der Waals surface area contributed by atoms with Crippen molar-refractivity contribution < 1.29 is 19.6 Å². The number of anilines is 1. The Kier molecular flexibility index (Phi) is 5.24. The van der Waals surface area contributed by atoms with Crippen LogP contribution in [0.2, 0.25) is 0 Å². The fourth-order valence-corrected chi connectivity index (χ4v) is 1.95. The topological polar surface area (TPSA) is 101 Å². The van der Waals surface area contributed by atoms with Crippen LogP contribution in [0.4, 0.5) is 11.4 Å². The second-order valence-corrected chi connectivity index (χ2v) is 6.08. The summed E-state index contributed by atoms with van der Waals surface area (Å²) in [4.78, 5) is 35.1. The predicted molar refractivity (Wildman–Crippen MR) is 81.9 cm³/mol. The quantitative estimate of drug-likeness (QED) is 0.665. The number of nitro benzene ring substituents is 1. The van der Waals surface area contributed by atoms with E-state index in [1.807, 2.05) is 0 Å². The minimum atomic E-state index is -1.03. The SMILES string of the molecule is Cc1ccc([N+](=O)[O-])cc1N(CCC(=O)O)C(=O)C(C)(C)C. The predicted octanol–water partition coefficient (Wildman–Crippen LogP) is 2.76. The summed E-state index contributed by atoms with van der Waals surface area (Å²) in [6.45, 7) is 6.84.